The average molecular weight is 298 g/mol. The van der Waals surface area contributed by atoms with Gasteiger partial charge in [0, 0.05) is 5.69 Å². The lowest BCUT2D eigenvalue weighted by Crippen LogP contribution is -2.32. The van der Waals surface area contributed by atoms with E-state index in [2.05, 4.69) is 10.6 Å². The number of ether oxygens (including phenoxy) is 1. The second-order valence-electron chi connectivity index (χ2n) is 5.15. The third-order valence-electron chi connectivity index (χ3n) is 3.24. The first kappa shape index (κ1) is 15.9. The molecule has 116 valence electrons. The van der Waals surface area contributed by atoms with Gasteiger partial charge in [0.15, 0.2) is 0 Å². The number of aryl methyl sites for hydroxylation is 1. The lowest BCUT2D eigenvalue weighted by atomic mass is 10.2. The van der Waals surface area contributed by atoms with Gasteiger partial charge in [0.25, 0.3) is 0 Å². The molecular formula is C18H22N2O2. The maximum Gasteiger partial charge on any atom is 0.246 e. The van der Waals surface area contributed by atoms with Crippen LogP contribution >= 0.6 is 0 Å². The van der Waals surface area contributed by atoms with Gasteiger partial charge in [-0.25, -0.2) is 0 Å². The first-order valence-electron chi connectivity index (χ1n) is 7.46. The van der Waals surface area contributed by atoms with Crippen LogP contribution in [0.5, 0.6) is 5.75 Å². The van der Waals surface area contributed by atoms with Crippen molar-refractivity contribution in [2.24, 2.45) is 0 Å². The van der Waals surface area contributed by atoms with Gasteiger partial charge in [0.1, 0.15) is 11.8 Å². The van der Waals surface area contributed by atoms with E-state index in [0.29, 0.717) is 6.61 Å². The summed E-state index contributed by atoms with van der Waals surface area (Å²) in [5.74, 6) is 0.664. The van der Waals surface area contributed by atoms with Crippen molar-refractivity contribution in [3.05, 3.63) is 54.1 Å². The van der Waals surface area contributed by atoms with Crippen molar-refractivity contribution in [1.29, 1.82) is 0 Å². The van der Waals surface area contributed by atoms with Crippen molar-refractivity contribution < 1.29 is 9.53 Å². The molecule has 1 atom stereocenters. The summed E-state index contributed by atoms with van der Waals surface area (Å²) in [4.78, 5) is 12.3. The monoisotopic (exact) mass is 298 g/mol. The van der Waals surface area contributed by atoms with Crippen molar-refractivity contribution in [2.75, 3.05) is 17.2 Å². The molecule has 0 aromatic heterocycles. The van der Waals surface area contributed by atoms with Crippen LogP contribution in [0.15, 0.2) is 48.5 Å². The van der Waals surface area contributed by atoms with Gasteiger partial charge < -0.3 is 15.4 Å². The fraction of sp³-hybridized carbons (Fsp3) is 0.278. The van der Waals surface area contributed by atoms with Crippen LogP contribution in [0, 0.1) is 6.92 Å². The maximum absolute atomic E-state index is 12.3. The molecule has 0 aliphatic heterocycles. The highest BCUT2D eigenvalue weighted by Gasteiger charge is 2.14. The molecule has 0 saturated heterocycles. The van der Waals surface area contributed by atoms with Gasteiger partial charge in [-0.3, -0.25) is 4.79 Å². The van der Waals surface area contributed by atoms with Crippen molar-refractivity contribution in [3.63, 3.8) is 0 Å². The topological polar surface area (TPSA) is 50.4 Å². The molecule has 4 heteroatoms. The Labute approximate surface area is 131 Å². The zero-order valence-corrected chi connectivity index (χ0v) is 13.2. The van der Waals surface area contributed by atoms with Gasteiger partial charge in [0.2, 0.25) is 5.91 Å². The van der Waals surface area contributed by atoms with Gasteiger partial charge in [0.05, 0.1) is 12.3 Å². The molecule has 0 aliphatic rings. The quantitative estimate of drug-likeness (QED) is 0.852. The van der Waals surface area contributed by atoms with E-state index in [1.807, 2.05) is 69.3 Å². The van der Waals surface area contributed by atoms with Gasteiger partial charge in [-0.05, 0) is 50.6 Å². The molecular weight excluding hydrogens is 276 g/mol. The number of nitrogens with one attached hydrogen (secondary N) is 2. The van der Waals surface area contributed by atoms with E-state index in [-0.39, 0.29) is 11.9 Å². The molecule has 0 spiro atoms. The van der Waals surface area contributed by atoms with E-state index >= 15 is 0 Å². The molecule has 0 bridgehead atoms. The number of amides is 1. The summed E-state index contributed by atoms with van der Waals surface area (Å²) in [6, 6.07) is 15.0. The second-order valence-corrected chi connectivity index (χ2v) is 5.15. The average Bonchev–Trinajstić information content (AvgIpc) is 2.49. The Bertz CT molecular complexity index is 640. The molecule has 0 saturated carbocycles. The molecule has 2 rings (SSSR count). The summed E-state index contributed by atoms with van der Waals surface area (Å²) in [6.45, 7) is 6.34. The third kappa shape index (κ3) is 4.25. The van der Waals surface area contributed by atoms with Crippen LogP contribution in [-0.4, -0.2) is 18.6 Å². The van der Waals surface area contributed by atoms with E-state index in [4.69, 9.17) is 4.74 Å². The van der Waals surface area contributed by atoms with Crippen molar-refractivity contribution in [2.45, 2.75) is 26.8 Å². The van der Waals surface area contributed by atoms with E-state index in [0.717, 1.165) is 22.7 Å². The van der Waals surface area contributed by atoms with E-state index < -0.39 is 0 Å². The number of carbonyl (C=O) groups excluding carboxylic acids is 1. The first-order valence-corrected chi connectivity index (χ1v) is 7.46. The summed E-state index contributed by atoms with van der Waals surface area (Å²) in [5.41, 5.74) is 2.73. The van der Waals surface area contributed by atoms with Gasteiger partial charge in [-0.1, -0.05) is 24.3 Å². The maximum atomic E-state index is 12.3. The standard InChI is InChI=1S/C18H22N2O2/c1-4-22-17-11-6-5-10-16(17)19-14(3)18(21)20-15-9-7-8-13(2)12-15/h5-12,14,19H,4H2,1-3H3,(H,20,21)/t14-/m1/s1. The highest BCUT2D eigenvalue weighted by molar-refractivity contribution is 5.96. The number of rotatable bonds is 6. The number of hydrogen-bond acceptors (Lipinski definition) is 3. The minimum Gasteiger partial charge on any atom is -0.492 e. The molecule has 2 aromatic rings. The minimum atomic E-state index is -0.373. The van der Waals surface area contributed by atoms with E-state index in [9.17, 15) is 4.79 Å². The number of para-hydroxylation sites is 2. The van der Waals surface area contributed by atoms with Crippen LogP contribution in [0.2, 0.25) is 0 Å². The van der Waals surface area contributed by atoms with E-state index in [1.165, 1.54) is 0 Å². The summed E-state index contributed by atoms with van der Waals surface area (Å²) >= 11 is 0. The molecule has 22 heavy (non-hydrogen) atoms. The van der Waals surface area contributed by atoms with Crippen LogP contribution in [0.3, 0.4) is 0 Å². The molecule has 4 nitrogen and oxygen atoms in total. The van der Waals surface area contributed by atoms with Crippen LogP contribution in [0.1, 0.15) is 19.4 Å². The Morgan fingerprint density at radius 3 is 2.68 bits per heavy atom. The number of hydrogen-bond donors (Lipinski definition) is 2. The summed E-state index contributed by atoms with van der Waals surface area (Å²) in [6.07, 6.45) is 0. The molecule has 0 radical (unpaired) electrons. The molecule has 2 N–H and O–H groups in total. The Morgan fingerprint density at radius 2 is 1.95 bits per heavy atom. The molecule has 2 aromatic carbocycles. The van der Waals surface area contributed by atoms with Crippen LogP contribution in [-0.2, 0) is 4.79 Å². The van der Waals surface area contributed by atoms with E-state index in [1.54, 1.807) is 0 Å². The van der Waals surface area contributed by atoms with Gasteiger partial charge in [-0.15, -0.1) is 0 Å². The lowest BCUT2D eigenvalue weighted by molar-refractivity contribution is -0.116. The molecule has 0 fully saturated rings. The van der Waals surface area contributed by atoms with Gasteiger partial charge >= 0.3 is 0 Å². The lowest BCUT2D eigenvalue weighted by Gasteiger charge is -2.18. The smallest absolute Gasteiger partial charge is 0.246 e. The zero-order chi connectivity index (χ0) is 15.9. The molecule has 1 amide bonds. The van der Waals surface area contributed by atoms with Crippen molar-refractivity contribution in [1.82, 2.24) is 0 Å². The zero-order valence-electron chi connectivity index (χ0n) is 13.2. The number of anilines is 2. The fourth-order valence-corrected chi connectivity index (χ4v) is 2.14. The molecule has 0 unspecified atom stereocenters. The number of benzene rings is 2. The summed E-state index contributed by atoms with van der Waals surface area (Å²) < 4.78 is 5.56. The van der Waals surface area contributed by atoms with Crippen molar-refractivity contribution in [3.8, 4) is 5.75 Å². The normalized spacial score (nSPS) is 11.6. The SMILES string of the molecule is CCOc1ccccc1N[C@H](C)C(=O)Nc1cccc(C)c1. The fourth-order valence-electron chi connectivity index (χ4n) is 2.14. The molecule has 0 heterocycles. The minimum absolute atomic E-state index is 0.0862. The second kappa shape index (κ2) is 7.50. The third-order valence-corrected chi connectivity index (χ3v) is 3.24. The van der Waals surface area contributed by atoms with Crippen molar-refractivity contribution >= 4 is 17.3 Å². The van der Waals surface area contributed by atoms with Crippen LogP contribution in [0.25, 0.3) is 0 Å². The largest absolute Gasteiger partial charge is 0.492 e. The predicted octanol–water partition coefficient (Wildman–Crippen LogP) is 3.83. The highest BCUT2D eigenvalue weighted by atomic mass is 16.5. The number of carbonyl (C=O) groups is 1. The Balaban J connectivity index is 2.02. The summed E-state index contributed by atoms with van der Waals surface area (Å²) in [7, 11) is 0. The van der Waals surface area contributed by atoms with Gasteiger partial charge in [-0.2, -0.15) is 0 Å². The van der Waals surface area contributed by atoms with Crippen LogP contribution < -0.4 is 15.4 Å². The highest BCUT2D eigenvalue weighted by Crippen LogP contribution is 2.24. The Hall–Kier alpha value is -2.49. The predicted molar refractivity (Wildman–Crippen MR) is 90.5 cm³/mol. The first-order chi connectivity index (χ1) is 10.6. The summed E-state index contributed by atoms with van der Waals surface area (Å²) in [5, 5.41) is 6.10. The van der Waals surface area contributed by atoms with Crippen LogP contribution in [0.4, 0.5) is 11.4 Å². The molecule has 0 aliphatic carbocycles. The Morgan fingerprint density at radius 1 is 1.18 bits per heavy atom. The Kier molecular flexibility index (Phi) is 5.42.